The van der Waals surface area contributed by atoms with Crippen molar-refractivity contribution >= 4 is 58.4 Å². The molecule has 0 atom stereocenters. The summed E-state index contributed by atoms with van der Waals surface area (Å²) in [6, 6.07) is 61.0. The summed E-state index contributed by atoms with van der Waals surface area (Å²) in [5, 5.41) is 9.26. The number of H-pyrrole nitrogens is 1. The van der Waals surface area contributed by atoms with Gasteiger partial charge >= 0.3 is 0 Å². The Morgan fingerprint density at radius 3 is 0.754 bits per heavy atom. The highest BCUT2D eigenvalue weighted by atomic mass is 15.3. The van der Waals surface area contributed by atoms with Crippen LogP contribution < -0.4 is 9.80 Å². The summed E-state index contributed by atoms with van der Waals surface area (Å²) in [5.74, 6) is 0. The van der Waals surface area contributed by atoms with E-state index in [1.54, 1.807) is 12.4 Å². The van der Waals surface area contributed by atoms with Crippen molar-refractivity contribution in [3.05, 3.63) is 227 Å². The summed E-state index contributed by atoms with van der Waals surface area (Å²) in [4.78, 5) is 4.61. The van der Waals surface area contributed by atoms with E-state index in [-0.39, 0.29) is 0 Å². The molecule has 0 spiro atoms. The molecule has 1 aromatic heterocycles. The van der Waals surface area contributed by atoms with Gasteiger partial charge in [0.25, 0.3) is 0 Å². The SMILES string of the molecule is Cc1ccc(N(c2ccc(C)cc2)c2ccc(/C=C/c3ccc(/C=C/c4ccc(N(c5ccc(C)cc5)c5ccc(C)cc5)cc4)cc3)cc2)cc1.c1c[nH]nn1. The van der Waals surface area contributed by atoms with Crippen molar-refractivity contribution in [2.75, 3.05) is 9.80 Å². The van der Waals surface area contributed by atoms with Gasteiger partial charge in [0.1, 0.15) is 0 Å². The standard InChI is InChI=1S/C50H44N2.C2H3N3/c1-37-5-25-45(26-6-37)51(46-27-7-38(2)8-28-46)49-33-21-43(22-34-49)19-17-41-13-15-42(16-14-41)18-20-44-23-35-50(36-24-44)52(47-29-9-39(3)10-30-47)48-31-11-40(4)12-32-48;1-2-4-5-3-1/h5-36H,1-4H3;1-2H,(H,3,4,5)/b19-17+,20-18+;. The summed E-state index contributed by atoms with van der Waals surface area (Å²) >= 11 is 0. The summed E-state index contributed by atoms with van der Waals surface area (Å²) < 4.78 is 0. The highest BCUT2D eigenvalue weighted by Gasteiger charge is 2.13. The van der Waals surface area contributed by atoms with Gasteiger partial charge in [-0.25, -0.2) is 0 Å². The second kappa shape index (κ2) is 18.4. The summed E-state index contributed by atoms with van der Waals surface area (Å²) in [6.07, 6.45) is 11.9. The minimum absolute atomic E-state index is 1.13. The fourth-order valence-corrected chi connectivity index (χ4v) is 6.41. The Hall–Kier alpha value is -7.24. The monoisotopic (exact) mass is 741 g/mol. The number of anilines is 6. The maximum atomic E-state index is 3.42. The van der Waals surface area contributed by atoms with Crippen molar-refractivity contribution in [3.63, 3.8) is 0 Å². The Balaban J connectivity index is 0.000000921. The lowest BCUT2D eigenvalue weighted by Gasteiger charge is -2.25. The van der Waals surface area contributed by atoms with E-state index < -0.39 is 0 Å². The average molecular weight is 742 g/mol. The zero-order valence-corrected chi connectivity index (χ0v) is 32.9. The van der Waals surface area contributed by atoms with Crippen LogP contribution in [0.5, 0.6) is 0 Å². The number of nitrogens with zero attached hydrogens (tertiary/aromatic N) is 4. The molecule has 0 fully saturated rings. The van der Waals surface area contributed by atoms with Crippen molar-refractivity contribution in [2.45, 2.75) is 27.7 Å². The van der Waals surface area contributed by atoms with Gasteiger partial charge in [-0.2, -0.15) is 0 Å². The van der Waals surface area contributed by atoms with Crippen molar-refractivity contribution in [2.24, 2.45) is 0 Å². The predicted molar refractivity (Wildman–Crippen MR) is 242 cm³/mol. The van der Waals surface area contributed by atoms with E-state index in [0.717, 1.165) is 45.3 Å². The number of benzene rings is 7. The van der Waals surface area contributed by atoms with E-state index in [2.05, 4.69) is 247 Å². The molecular weight excluding hydrogens is 695 g/mol. The lowest BCUT2D eigenvalue weighted by atomic mass is 10.1. The third kappa shape index (κ3) is 10.3. The molecule has 8 aromatic rings. The maximum absolute atomic E-state index is 3.42. The van der Waals surface area contributed by atoms with Crippen LogP contribution in [0.2, 0.25) is 0 Å². The van der Waals surface area contributed by atoms with Gasteiger partial charge in [-0.1, -0.05) is 149 Å². The number of aromatic nitrogens is 3. The van der Waals surface area contributed by atoms with Crippen molar-refractivity contribution in [1.82, 2.24) is 15.4 Å². The van der Waals surface area contributed by atoms with E-state index in [9.17, 15) is 0 Å². The third-order valence-corrected chi connectivity index (χ3v) is 9.68. The molecule has 0 aliphatic rings. The Kier molecular flexibility index (Phi) is 12.3. The normalized spacial score (nSPS) is 11.0. The summed E-state index contributed by atoms with van der Waals surface area (Å²) in [7, 11) is 0. The van der Waals surface area contributed by atoms with Crippen LogP contribution in [0.3, 0.4) is 0 Å². The number of hydrogen-bond donors (Lipinski definition) is 1. The molecule has 7 aromatic carbocycles. The first-order valence-corrected chi connectivity index (χ1v) is 19.2. The highest BCUT2D eigenvalue weighted by Crippen LogP contribution is 2.36. The predicted octanol–water partition coefficient (Wildman–Crippen LogP) is 14.0. The van der Waals surface area contributed by atoms with Crippen LogP contribution in [0.1, 0.15) is 44.5 Å². The van der Waals surface area contributed by atoms with Crippen LogP contribution in [-0.4, -0.2) is 15.4 Å². The Bertz CT molecular complexity index is 2210. The molecule has 8 rings (SSSR count). The topological polar surface area (TPSA) is 48.0 Å². The van der Waals surface area contributed by atoms with Gasteiger partial charge in [-0.15, -0.1) is 5.10 Å². The molecule has 5 heteroatoms. The lowest BCUT2D eigenvalue weighted by Crippen LogP contribution is -2.09. The van der Waals surface area contributed by atoms with Gasteiger partial charge in [0.05, 0.1) is 6.20 Å². The van der Waals surface area contributed by atoms with Gasteiger partial charge in [0.15, 0.2) is 0 Å². The molecule has 0 bridgehead atoms. The fourth-order valence-electron chi connectivity index (χ4n) is 6.41. The van der Waals surface area contributed by atoms with Gasteiger partial charge in [-0.3, -0.25) is 5.10 Å². The molecule has 0 saturated heterocycles. The molecule has 0 aliphatic heterocycles. The van der Waals surface area contributed by atoms with Crippen LogP contribution in [0.4, 0.5) is 34.1 Å². The maximum Gasteiger partial charge on any atom is 0.0690 e. The molecular formula is C52H47N5. The van der Waals surface area contributed by atoms with E-state index in [0.29, 0.717) is 0 Å². The third-order valence-electron chi connectivity index (χ3n) is 9.68. The first-order chi connectivity index (χ1) is 27.9. The molecule has 5 nitrogen and oxygen atoms in total. The second-order valence-electron chi connectivity index (χ2n) is 14.2. The summed E-state index contributed by atoms with van der Waals surface area (Å²) in [6.45, 7) is 8.50. The van der Waals surface area contributed by atoms with E-state index >= 15 is 0 Å². The highest BCUT2D eigenvalue weighted by molar-refractivity contribution is 5.80. The van der Waals surface area contributed by atoms with E-state index in [4.69, 9.17) is 0 Å². The number of aromatic amines is 1. The first-order valence-electron chi connectivity index (χ1n) is 19.2. The molecule has 280 valence electrons. The number of hydrogen-bond acceptors (Lipinski definition) is 4. The van der Waals surface area contributed by atoms with E-state index in [1.165, 1.54) is 33.4 Å². The quantitative estimate of drug-likeness (QED) is 0.142. The van der Waals surface area contributed by atoms with E-state index in [1.807, 2.05) is 0 Å². The number of aryl methyl sites for hydroxylation is 4. The van der Waals surface area contributed by atoms with Crippen LogP contribution in [-0.2, 0) is 0 Å². The minimum atomic E-state index is 1.13. The molecule has 1 heterocycles. The summed E-state index contributed by atoms with van der Waals surface area (Å²) in [5.41, 5.74) is 16.5. The Labute approximate surface area is 336 Å². The van der Waals surface area contributed by atoms with Crippen molar-refractivity contribution in [3.8, 4) is 0 Å². The zero-order valence-electron chi connectivity index (χ0n) is 32.9. The largest absolute Gasteiger partial charge is 0.311 e. The fraction of sp³-hybridized carbons (Fsp3) is 0.0769. The van der Waals surface area contributed by atoms with Gasteiger partial charge < -0.3 is 9.80 Å². The molecule has 57 heavy (non-hydrogen) atoms. The van der Waals surface area contributed by atoms with Gasteiger partial charge in [-0.05, 0) is 123 Å². The lowest BCUT2D eigenvalue weighted by molar-refractivity contribution is 0.940. The van der Waals surface area contributed by atoms with Crippen LogP contribution >= 0.6 is 0 Å². The number of rotatable bonds is 10. The van der Waals surface area contributed by atoms with Gasteiger partial charge in [0, 0.05) is 40.3 Å². The van der Waals surface area contributed by atoms with Crippen LogP contribution in [0.15, 0.2) is 182 Å². The minimum Gasteiger partial charge on any atom is -0.311 e. The van der Waals surface area contributed by atoms with Crippen LogP contribution in [0, 0.1) is 27.7 Å². The van der Waals surface area contributed by atoms with Crippen LogP contribution in [0.25, 0.3) is 24.3 Å². The first kappa shape index (κ1) is 38.1. The van der Waals surface area contributed by atoms with Crippen molar-refractivity contribution < 1.29 is 0 Å². The molecule has 0 amide bonds. The van der Waals surface area contributed by atoms with Gasteiger partial charge in [0.2, 0.25) is 0 Å². The zero-order chi connectivity index (χ0) is 39.4. The Morgan fingerprint density at radius 1 is 0.333 bits per heavy atom. The number of nitrogens with one attached hydrogen (secondary N) is 1. The molecule has 1 N–H and O–H groups in total. The molecule has 0 aliphatic carbocycles. The molecule has 0 radical (unpaired) electrons. The molecule has 0 unspecified atom stereocenters. The smallest absolute Gasteiger partial charge is 0.0690 e. The average Bonchev–Trinajstić information content (AvgIpc) is 3.85. The molecule has 0 saturated carbocycles. The Morgan fingerprint density at radius 2 is 0.561 bits per heavy atom. The second-order valence-corrected chi connectivity index (χ2v) is 14.2. The van der Waals surface area contributed by atoms with Crippen molar-refractivity contribution in [1.29, 1.82) is 0 Å².